The predicted molar refractivity (Wildman–Crippen MR) is 78.7 cm³/mol. The molecule has 7 heteroatoms. The molecule has 20 heavy (non-hydrogen) atoms. The molecule has 1 aromatic carbocycles. The maximum atomic E-state index is 5.91. The van der Waals surface area contributed by atoms with E-state index in [1.807, 2.05) is 6.07 Å². The second-order valence-electron chi connectivity index (χ2n) is 4.16. The van der Waals surface area contributed by atoms with Gasteiger partial charge in [-0.15, -0.1) is 10.2 Å². The standard InChI is InChI=1S/C13H11ClN4OS/c14-9-2-1-8(7-10(9)15)13-18-17-12(20-13)4-3-11-16-5-6-19-11/h1-2,5-7H,3-4,15H2. The zero-order valence-corrected chi connectivity index (χ0v) is 12.0. The lowest BCUT2D eigenvalue weighted by Crippen LogP contribution is -1.90. The van der Waals surface area contributed by atoms with E-state index in [1.54, 1.807) is 24.6 Å². The van der Waals surface area contributed by atoms with Crippen molar-refractivity contribution >= 4 is 28.6 Å². The van der Waals surface area contributed by atoms with Gasteiger partial charge in [-0.05, 0) is 12.1 Å². The molecule has 3 rings (SSSR count). The van der Waals surface area contributed by atoms with Crippen LogP contribution in [0.5, 0.6) is 0 Å². The highest BCUT2D eigenvalue weighted by Crippen LogP contribution is 2.29. The van der Waals surface area contributed by atoms with Crippen molar-refractivity contribution in [2.75, 3.05) is 5.73 Å². The number of benzene rings is 1. The largest absolute Gasteiger partial charge is 0.449 e. The molecule has 0 radical (unpaired) electrons. The monoisotopic (exact) mass is 306 g/mol. The Bertz CT molecular complexity index is 711. The van der Waals surface area contributed by atoms with Gasteiger partial charge in [-0.25, -0.2) is 4.98 Å². The summed E-state index contributed by atoms with van der Waals surface area (Å²) < 4.78 is 5.19. The molecular formula is C13H11ClN4OS. The van der Waals surface area contributed by atoms with Crippen LogP contribution in [0.4, 0.5) is 5.69 Å². The highest BCUT2D eigenvalue weighted by molar-refractivity contribution is 7.14. The molecule has 0 spiro atoms. The van der Waals surface area contributed by atoms with Gasteiger partial charge >= 0.3 is 0 Å². The first kappa shape index (κ1) is 13.1. The van der Waals surface area contributed by atoms with Gasteiger partial charge < -0.3 is 10.2 Å². The summed E-state index contributed by atoms with van der Waals surface area (Å²) in [5.41, 5.74) is 7.26. The normalized spacial score (nSPS) is 10.8. The number of rotatable bonds is 4. The first-order chi connectivity index (χ1) is 9.72. The van der Waals surface area contributed by atoms with E-state index in [0.717, 1.165) is 22.0 Å². The molecular weight excluding hydrogens is 296 g/mol. The highest BCUT2D eigenvalue weighted by Gasteiger charge is 2.09. The topological polar surface area (TPSA) is 77.8 Å². The minimum absolute atomic E-state index is 0.542. The highest BCUT2D eigenvalue weighted by atomic mass is 35.5. The van der Waals surface area contributed by atoms with Crippen molar-refractivity contribution in [1.29, 1.82) is 0 Å². The van der Waals surface area contributed by atoms with Gasteiger partial charge in [-0.3, -0.25) is 0 Å². The number of nitrogen functional groups attached to an aromatic ring is 1. The Morgan fingerprint density at radius 2 is 2.15 bits per heavy atom. The molecule has 0 aliphatic heterocycles. The van der Waals surface area contributed by atoms with Crippen LogP contribution in [0.15, 0.2) is 35.1 Å². The summed E-state index contributed by atoms with van der Waals surface area (Å²) in [4.78, 5) is 4.08. The summed E-state index contributed by atoms with van der Waals surface area (Å²) in [6.45, 7) is 0. The maximum Gasteiger partial charge on any atom is 0.194 e. The Balaban J connectivity index is 1.74. The van der Waals surface area contributed by atoms with E-state index in [-0.39, 0.29) is 0 Å². The average Bonchev–Trinajstić information content (AvgIpc) is 3.10. The zero-order valence-electron chi connectivity index (χ0n) is 10.4. The van der Waals surface area contributed by atoms with Crippen molar-refractivity contribution in [1.82, 2.24) is 15.2 Å². The van der Waals surface area contributed by atoms with Crippen molar-refractivity contribution in [2.45, 2.75) is 12.8 Å². The van der Waals surface area contributed by atoms with Crippen LogP contribution >= 0.6 is 22.9 Å². The molecule has 0 saturated carbocycles. The minimum atomic E-state index is 0.542. The van der Waals surface area contributed by atoms with Crippen LogP contribution in [-0.4, -0.2) is 15.2 Å². The zero-order chi connectivity index (χ0) is 13.9. The molecule has 2 aromatic heterocycles. The summed E-state index contributed by atoms with van der Waals surface area (Å²) in [5, 5.41) is 10.7. The molecule has 2 heterocycles. The van der Waals surface area contributed by atoms with Crippen LogP contribution in [0.1, 0.15) is 10.9 Å². The van der Waals surface area contributed by atoms with E-state index in [9.17, 15) is 0 Å². The van der Waals surface area contributed by atoms with Gasteiger partial charge in [-0.1, -0.05) is 29.0 Å². The van der Waals surface area contributed by atoms with E-state index in [0.29, 0.717) is 23.0 Å². The summed E-state index contributed by atoms with van der Waals surface area (Å²) in [6.07, 6.45) is 4.67. The molecule has 3 aromatic rings. The van der Waals surface area contributed by atoms with E-state index in [4.69, 9.17) is 21.8 Å². The van der Waals surface area contributed by atoms with Crippen LogP contribution in [-0.2, 0) is 12.8 Å². The quantitative estimate of drug-likeness (QED) is 0.749. The van der Waals surface area contributed by atoms with Crippen LogP contribution < -0.4 is 5.73 Å². The number of aryl methyl sites for hydroxylation is 2. The lowest BCUT2D eigenvalue weighted by atomic mass is 10.2. The Morgan fingerprint density at radius 1 is 1.25 bits per heavy atom. The third kappa shape index (κ3) is 2.81. The average molecular weight is 307 g/mol. The molecule has 0 atom stereocenters. The van der Waals surface area contributed by atoms with Gasteiger partial charge in [0.1, 0.15) is 16.3 Å². The molecule has 5 nitrogen and oxygen atoms in total. The summed E-state index contributed by atoms with van der Waals surface area (Å²) in [6, 6.07) is 5.46. The van der Waals surface area contributed by atoms with E-state index in [1.165, 1.54) is 11.3 Å². The van der Waals surface area contributed by atoms with E-state index >= 15 is 0 Å². The molecule has 0 unspecified atom stereocenters. The van der Waals surface area contributed by atoms with Crippen molar-refractivity contribution in [3.05, 3.63) is 46.6 Å². The lowest BCUT2D eigenvalue weighted by Gasteiger charge is -1.99. The van der Waals surface area contributed by atoms with Crippen LogP contribution in [0.25, 0.3) is 10.6 Å². The lowest BCUT2D eigenvalue weighted by molar-refractivity contribution is 0.493. The molecule has 2 N–H and O–H groups in total. The molecule has 0 saturated heterocycles. The number of hydrogen-bond acceptors (Lipinski definition) is 6. The van der Waals surface area contributed by atoms with Crippen LogP contribution in [0, 0.1) is 0 Å². The van der Waals surface area contributed by atoms with Gasteiger partial charge in [0.2, 0.25) is 0 Å². The fourth-order valence-electron chi connectivity index (χ4n) is 1.74. The van der Waals surface area contributed by atoms with Crippen molar-refractivity contribution in [3.63, 3.8) is 0 Å². The maximum absolute atomic E-state index is 5.91. The number of aromatic nitrogens is 3. The second-order valence-corrected chi connectivity index (χ2v) is 5.63. The Morgan fingerprint density at radius 3 is 2.90 bits per heavy atom. The van der Waals surface area contributed by atoms with Gasteiger partial charge in [-0.2, -0.15) is 0 Å². The molecule has 0 aliphatic rings. The molecule has 0 amide bonds. The fraction of sp³-hybridized carbons (Fsp3) is 0.154. The number of oxazole rings is 1. The summed E-state index contributed by atoms with van der Waals surface area (Å²) in [5.74, 6) is 0.706. The Kier molecular flexibility index (Phi) is 3.66. The number of nitrogens with two attached hydrogens (primary N) is 1. The smallest absolute Gasteiger partial charge is 0.194 e. The van der Waals surface area contributed by atoms with E-state index in [2.05, 4.69) is 15.2 Å². The van der Waals surface area contributed by atoms with Gasteiger partial charge in [0.15, 0.2) is 5.89 Å². The van der Waals surface area contributed by atoms with Crippen LogP contribution in [0.3, 0.4) is 0 Å². The Labute approximate surface area is 124 Å². The summed E-state index contributed by atoms with van der Waals surface area (Å²) in [7, 11) is 0. The first-order valence-corrected chi connectivity index (χ1v) is 7.18. The number of anilines is 1. The van der Waals surface area contributed by atoms with Crippen molar-refractivity contribution < 1.29 is 4.42 Å². The molecule has 0 fully saturated rings. The molecule has 0 bridgehead atoms. The van der Waals surface area contributed by atoms with Gasteiger partial charge in [0.25, 0.3) is 0 Å². The Hall–Kier alpha value is -1.92. The van der Waals surface area contributed by atoms with Crippen molar-refractivity contribution in [3.8, 4) is 10.6 Å². The molecule has 102 valence electrons. The van der Waals surface area contributed by atoms with E-state index < -0.39 is 0 Å². The van der Waals surface area contributed by atoms with Gasteiger partial charge in [0, 0.05) is 18.4 Å². The second kappa shape index (κ2) is 5.60. The third-order valence-electron chi connectivity index (χ3n) is 2.75. The predicted octanol–water partition coefficient (Wildman–Crippen LogP) is 3.21. The summed E-state index contributed by atoms with van der Waals surface area (Å²) >= 11 is 7.44. The SMILES string of the molecule is Nc1cc(-c2nnc(CCc3ncco3)s2)ccc1Cl. The third-order valence-corrected chi connectivity index (χ3v) is 4.12. The van der Waals surface area contributed by atoms with Crippen LogP contribution in [0.2, 0.25) is 5.02 Å². The first-order valence-electron chi connectivity index (χ1n) is 5.98. The number of nitrogens with zero attached hydrogens (tertiary/aromatic N) is 3. The fourth-order valence-corrected chi connectivity index (χ4v) is 2.69. The van der Waals surface area contributed by atoms with Crippen molar-refractivity contribution in [2.24, 2.45) is 0 Å². The number of halogens is 1. The number of hydrogen-bond donors (Lipinski definition) is 1. The molecule has 0 aliphatic carbocycles. The minimum Gasteiger partial charge on any atom is -0.449 e. The van der Waals surface area contributed by atoms with Gasteiger partial charge in [0.05, 0.1) is 16.9 Å².